The minimum atomic E-state index is -0.670. The van der Waals surface area contributed by atoms with E-state index >= 15 is 0 Å². The fourth-order valence-corrected chi connectivity index (χ4v) is 2.63. The van der Waals surface area contributed by atoms with E-state index in [2.05, 4.69) is 13.8 Å². The SMILES string of the molecule is COC(=O)[C@H]1[C@H](CCC(C)C)OC(=O)N1Cc1ccccc1. The zero-order chi connectivity index (χ0) is 16.1. The van der Waals surface area contributed by atoms with Crippen molar-refractivity contribution in [1.29, 1.82) is 0 Å². The van der Waals surface area contributed by atoms with Gasteiger partial charge < -0.3 is 9.47 Å². The summed E-state index contributed by atoms with van der Waals surface area (Å²) >= 11 is 0. The smallest absolute Gasteiger partial charge is 0.411 e. The second-order valence-corrected chi connectivity index (χ2v) is 5.97. The summed E-state index contributed by atoms with van der Waals surface area (Å²) in [7, 11) is 1.34. The molecule has 1 heterocycles. The Bertz CT molecular complexity index is 515. The van der Waals surface area contributed by atoms with Crippen molar-refractivity contribution in [2.75, 3.05) is 7.11 Å². The molecule has 1 saturated heterocycles. The molecule has 1 aromatic carbocycles. The lowest BCUT2D eigenvalue weighted by atomic mass is 10.00. The van der Waals surface area contributed by atoms with Crippen LogP contribution in [-0.4, -0.2) is 36.2 Å². The number of rotatable bonds is 6. The summed E-state index contributed by atoms with van der Waals surface area (Å²) in [5, 5.41) is 0. The van der Waals surface area contributed by atoms with Gasteiger partial charge in [0, 0.05) is 0 Å². The average Bonchev–Trinajstić information content (AvgIpc) is 2.81. The van der Waals surface area contributed by atoms with Gasteiger partial charge in [-0.2, -0.15) is 0 Å². The number of carbonyl (C=O) groups excluding carboxylic acids is 2. The van der Waals surface area contributed by atoms with Crippen LogP contribution in [0.5, 0.6) is 0 Å². The highest BCUT2D eigenvalue weighted by atomic mass is 16.6. The van der Waals surface area contributed by atoms with E-state index in [0.717, 1.165) is 12.0 Å². The van der Waals surface area contributed by atoms with E-state index in [1.807, 2.05) is 30.3 Å². The van der Waals surface area contributed by atoms with Crippen molar-refractivity contribution in [3.8, 4) is 0 Å². The number of methoxy groups -OCH3 is 1. The van der Waals surface area contributed by atoms with Crippen molar-refractivity contribution in [3.63, 3.8) is 0 Å². The van der Waals surface area contributed by atoms with Gasteiger partial charge >= 0.3 is 12.1 Å². The van der Waals surface area contributed by atoms with Gasteiger partial charge in [-0.05, 0) is 24.3 Å². The predicted molar refractivity (Wildman–Crippen MR) is 82.1 cm³/mol. The highest BCUT2D eigenvalue weighted by molar-refractivity contribution is 5.85. The second kappa shape index (κ2) is 7.29. The average molecular weight is 305 g/mol. The van der Waals surface area contributed by atoms with Gasteiger partial charge in [0.2, 0.25) is 0 Å². The Morgan fingerprint density at radius 3 is 2.59 bits per heavy atom. The number of ether oxygens (including phenoxy) is 2. The van der Waals surface area contributed by atoms with Gasteiger partial charge in [0.15, 0.2) is 6.04 Å². The van der Waals surface area contributed by atoms with Gasteiger partial charge in [0.25, 0.3) is 0 Å². The first-order valence-corrected chi connectivity index (χ1v) is 7.62. The molecule has 5 nitrogen and oxygen atoms in total. The highest BCUT2D eigenvalue weighted by Crippen LogP contribution is 2.27. The maximum Gasteiger partial charge on any atom is 0.411 e. The largest absolute Gasteiger partial charge is 0.467 e. The van der Waals surface area contributed by atoms with Crippen LogP contribution in [0.3, 0.4) is 0 Å². The minimum absolute atomic E-state index is 0.345. The second-order valence-electron chi connectivity index (χ2n) is 5.97. The zero-order valence-electron chi connectivity index (χ0n) is 13.3. The van der Waals surface area contributed by atoms with E-state index in [-0.39, 0.29) is 0 Å². The Morgan fingerprint density at radius 1 is 1.32 bits per heavy atom. The summed E-state index contributed by atoms with van der Waals surface area (Å²) in [5.41, 5.74) is 0.956. The molecule has 2 atom stereocenters. The number of hydrogen-bond donors (Lipinski definition) is 0. The molecule has 0 spiro atoms. The molecule has 1 aliphatic heterocycles. The number of esters is 1. The van der Waals surface area contributed by atoms with E-state index < -0.39 is 24.2 Å². The first-order chi connectivity index (χ1) is 10.5. The van der Waals surface area contributed by atoms with E-state index in [9.17, 15) is 9.59 Å². The van der Waals surface area contributed by atoms with E-state index in [1.165, 1.54) is 12.0 Å². The van der Waals surface area contributed by atoms with Crippen LogP contribution in [0.15, 0.2) is 30.3 Å². The van der Waals surface area contributed by atoms with Crippen LogP contribution in [0.1, 0.15) is 32.3 Å². The molecule has 120 valence electrons. The molecule has 22 heavy (non-hydrogen) atoms. The topological polar surface area (TPSA) is 55.8 Å². The Kier molecular flexibility index (Phi) is 5.41. The normalized spacial score (nSPS) is 21.1. The monoisotopic (exact) mass is 305 g/mol. The van der Waals surface area contributed by atoms with E-state index in [1.54, 1.807) is 0 Å². The van der Waals surface area contributed by atoms with Gasteiger partial charge in [-0.25, -0.2) is 9.59 Å². The number of cyclic esters (lactones) is 1. The molecule has 0 N–H and O–H groups in total. The maximum absolute atomic E-state index is 12.2. The molecule has 0 aromatic heterocycles. The van der Waals surface area contributed by atoms with Crippen molar-refractivity contribution >= 4 is 12.1 Å². The zero-order valence-corrected chi connectivity index (χ0v) is 13.3. The molecule has 0 aliphatic carbocycles. The molecule has 0 radical (unpaired) electrons. The number of nitrogens with zero attached hydrogens (tertiary/aromatic N) is 1. The van der Waals surface area contributed by atoms with Crippen LogP contribution >= 0.6 is 0 Å². The van der Waals surface area contributed by atoms with E-state index in [4.69, 9.17) is 9.47 Å². The van der Waals surface area contributed by atoms with Crippen LogP contribution in [0.4, 0.5) is 4.79 Å². The van der Waals surface area contributed by atoms with E-state index in [0.29, 0.717) is 18.9 Å². The molecule has 0 bridgehead atoms. The quantitative estimate of drug-likeness (QED) is 0.758. The van der Waals surface area contributed by atoms with Gasteiger partial charge in [-0.1, -0.05) is 44.2 Å². The highest BCUT2D eigenvalue weighted by Gasteiger charge is 2.46. The fraction of sp³-hybridized carbons (Fsp3) is 0.529. The molecular weight excluding hydrogens is 282 g/mol. The van der Waals surface area contributed by atoms with Crippen LogP contribution in [0.25, 0.3) is 0 Å². The van der Waals surface area contributed by atoms with Crippen molar-refractivity contribution in [3.05, 3.63) is 35.9 Å². The lowest BCUT2D eigenvalue weighted by Crippen LogP contribution is -2.43. The molecule has 1 aliphatic rings. The summed E-state index contributed by atoms with van der Waals surface area (Å²) in [4.78, 5) is 25.7. The lowest BCUT2D eigenvalue weighted by Gasteiger charge is -2.22. The summed E-state index contributed by atoms with van der Waals surface area (Å²) < 4.78 is 10.3. The Morgan fingerprint density at radius 2 is 2.00 bits per heavy atom. The maximum atomic E-state index is 12.2. The van der Waals surface area contributed by atoms with Crippen LogP contribution < -0.4 is 0 Å². The molecular formula is C17H23NO4. The van der Waals surface area contributed by atoms with Crippen molar-refractivity contribution < 1.29 is 19.1 Å². The third-order valence-electron chi connectivity index (χ3n) is 3.84. The van der Waals surface area contributed by atoms with Crippen molar-refractivity contribution in [2.24, 2.45) is 5.92 Å². The Labute approximate surface area is 131 Å². The minimum Gasteiger partial charge on any atom is -0.467 e. The Balaban J connectivity index is 2.15. The predicted octanol–water partition coefficient (Wildman–Crippen LogP) is 2.99. The van der Waals surface area contributed by atoms with Gasteiger partial charge in [-0.3, -0.25) is 4.90 Å². The number of hydrogen-bond acceptors (Lipinski definition) is 4. The van der Waals surface area contributed by atoms with Gasteiger partial charge in [0.05, 0.1) is 13.7 Å². The molecule has 5 heteroatoms. The molecule has 2 rings (SSSR count). The van der Waals surface area contributed by atoms with Gasteiger partial charge in [0.1, 0.15) is 6.10 Å². The lowest BCUT2D eigenvalue weighted by molar-refractivity contribution is -0.146. The third kappa shape index (κ3) is 3.78. The van der Waals surface area contributed by atoms with Crippen LogP contribution in [-0.2, 0) is 20.8 Å². The van der Waals surface area contributed by atoms with Crippen LogP contribution in [0, 0.1) is 5.92 Å². The molecule has 1 aromatic rings. The standard InChI is InChI=1S/C17H23NO4/c1-12(2)9-10-14-15(16(19)21-3)18(17(20)22-14)11-13-7-5-4-6-8-13/h4-8,12,14-15H,9-11H2,1-3H3/t14-,15+/m0/s1. The van der Waals surface area contributed by atoms with Gasteiger partial charge in [-0.15, -0.1) is 0 Å². The van der Waals surface area contributed by atoms with Crippen molar-refractivity contribution in [1.82, 2.24) is 4.90 Å². The fourth-order valence-electron chi connectivity index (χ4n) is 2.63. The first kappa shape index (κ1) is 16.3. The summed E-state index contributed by atoms with van der Waals surface area (Å²) in [5.74, 6) is 0.0655. The summed E-state index contributed by atoms with van der Waals surface area (Å²) in [6.07, 6.45) is 0.665. The van der Waals surface area contributed by atoms with Crippen LogP contribution in [0.2, 0.25) is 0 Å². The third-order valence-corrected chi connectivity index (χ3v) is 3.84. The molecule has 0 saturated carbocycles. The summed E-state index contributed by atoms with van der Waals surface area (Å²) in [6, 6.07) is 8.89. The summed E-state index contributed by atoms with van der Waals surface area (Å²) in [6.45, 7) is 4.55. The molecule has 0 unspecified atom stereocenters. The number of amides is 1. The molecule has 1 amide bonds. The first-order valence-electron chi connectivity index (χ1n) is 7.62. The number of benzene rings is 1. The molecule has 1 fully saturated rings. The van der Waals surface area contributed by atoms with Crippen molar-refractivity contribution in [2.45, 2.75) is 45.4 Å². The Hall–Kier alpha value is -2.04. The number of carbonyl (C=O) groups is 2.